The Kier molecular flexibility index (Phi) is 6.17. The van der Waals surface area contributed by atoms with Crippen LogP contribution < -0.4 is 14.8 Å². The Morgan fingerprint density at radius 1 is 1.12 bits per heavy atom. The number of hydrogen-bond acceptors (Lipinski definition) is 6. The average molecular weight is 454 g/mol. The lowest BCUT2D eigenvalue weighted by Gasteiger charge is -2.35. The van der Waals surface area contributed by atoms with E-state index in [0.29, 0.717) is 32.7 Å². The Morgan fingerprint density at radius 2 is 1.91 bits per heavy atom. The van der Waals surface area contributed by atoms with Gasteiger partial charge in [-0.15, -0.1) is 0 Å². The summed E-state index contributed by atoms with van der Waals surface area (Å²) in [4.78, 5) is 12.1. The summed E-state index contributed by atoms with van der Waals surface area (Å²) in [5.74, 6) is 0.650. The minimum atomic E-state index is -1.02. The first-order valence-corrected chi connectivity index (χ1v) is 11.8. The monoisotopic (exact) mass is 453 g/mol. The largest absolute Gasteiger partial charge is 0.480 e. The molecule has 2 aliphatic heterocycles. The molecule has 3 aliphatic rings. The van der Waals surface area contributed by atoms with Crippen LogP contribution in [-0.2, 0) is 20.9 Å². The highest BCUT2D eigenvalue weighted by Gasteiger charge is 2.40. The second kappa shape index (κ2) is 9.23. The summed E-state index contributed by atoms with van der Waals surface area (Å²) in [6, 6.07) is 10.1. The van der Waals surface area contributed by atoms with Crippen molar-refractivity contribution in [1.82, 2.24) is 0 Å². The zero-order chi connectivity index (χ0) is 22.8. The van der Waals surface area contributed by atoms with Crippen LogP contribution in [0.4, 0.5) is 5.69 Å². The molecule has 1 saturated heterocycles. The topological polar surface area (TPSA) is 86.3 Å². The number of anilines is 1. The second-order valence-electron chi connectivity index (χ2n) is 9.26. The Bertz CT molecular complexity index is 1020. The lowest BCUT2D eigenvalue weighted by molar-refractivity contribution is -0.145. The van der Waals surface area contributed by atoms with Crippen molar-refractivity contribution in [3.8, 4) is 22.6 Å². The number of aliphatic carboxylic acids is 1. The van der Waals surface area contributed by atoms with Crippen LogP contribution in [0, 0.1) is 6.92 Å². The Labute approximate surface area is 194 Å². The van der Waals surface area contributed by atoms with Gasteiger partial charge in [-0.3, -0.25) is 0 Å². The molecule has 0 bridgehead atoms. The number of nitrogens with one attached hydrogen (secondary N) is 1. The molecule has 2 fully saturated rings. The molecule has 2 N–H and O–H groups in total. The van der Waals surface area contributed by atoms with Gasteiger partial charge in [0.2, 0.25) is 6.79 Å². The molecule has 0 unspecified atom stereocenters. The number of ether oxygens (including phenoxy) is 4. The molecule has 0 amide bonds. The van der Waals surface area contributed by atoms with Crippen LogP contribution in [0.15, 0.2) is 30.3 Å². The van der Waals surface area contributed by atoms with Crippen LogP contribution in [0.2, 0.25) is 0 Å². The van der Waals surface area contributed by atoms with Crippen molar-refractivity contribution < 1.29 is 28.8 Å². The minimum absolute atomic E-state index is 0.211. The van der Waals surface area contributed by atoms with Gasteiger partial charge >= 0.3 is 5.97 Å². The zero-order valence-corrected chi connectivity index (χ0v) is 19.0. The van der Waals surface area contributed by atoms with Crippen molar-refractivity contribution in [2.24, 2.45) is 0 Å². The van der Waals surface area contributed by atoms with Gasteiger partial charge in [-0.05, 0) is 60.7 Å². The van der Waals surface area contributed by atoms with E-state index in [1.165, 1.54) is 12.8 Å². The first-order chi connectivity index (χ1) is 16.0. The molecule has 0 spiro atoms. The summed E-state index contributed by atoms with van der Waals surface area (Å²) < 4.78 is 23.1. The molecule has 2 heterocycles. The fourth-order valence-corrected chi connectivity index (χ4v) is 5.05. The molecule has 0 radical (unpaired) electrons. The van der Waals surface area contributed by atoms with Crippen LogP contribution in [0.1, 0.15) is 49.7 Å². The third kappa shape index (κ3) is 4.52. The molecule has 1 aliphatic carbocycles. The normalized spacial score (nSPS) is 19.5. The number of carboxylic acid groups (broad SMARTS) is 1. The number of rotatable bonds is 7. The quantitative estimate of drug-likeness (QED) is 0.617. The van der Waals surface area contributed by atoms with Gasteiger partial charge in [0.25, 0.3) is 0 Å². The van der Waals surface area contributed by atoms with E-state index in [2.05, 4.69) is 11.4 Å². The zero-order valence-electron chi connectivity index (χ0n) is 19.0. The van der Waals surface area contributed by atoms with Crippen molar-refractivity contribution in [1.29, 1.82) is 0 Å². The molecule has 0 aromatic heterocycles. The van der Waals surface area contributed by atoms with Crippen LogP contribution in [0.25, 0.3) is 11.1 Å². The van der Waals surface area contributed by atoms with E-state index in [0.717, 1.165) is 52.3 Å². The predicted octanol–water partition coefficient (Wildman–Crippen LogP) is 4.90. The van der Waals surface area contributed by atoms with E-state index in [-0.39, 0.29) is 12.9 Å². The van der Waals surface area contributed by atoms with Gasteiger partial charge in [0.15, 0.2) is 11.5 Å². The fraction of sp³-hybridized carbons (Fsp3) is 0.500. The van der Waals surface area contributed by atoms with Crippen LogP contribution in [-0.4, -0.2) is 42.7 Å². The number of aryl methyl sites for hydroxylation is 1. The molecule has 2 aromatic rings. The van der Waals surface area contributed by atoms with E-state index >= 15 is 0 Å². The van der Waals surface area contributed by atoms with Crippen molar-refractivity contribution in [2.75, 3.05) is 25.3 Å². The smallest absolute Gasteiger partial charge is 0.329 e. The fourth-order valence-electron chi connectivity index (χ4n) is 5.05. The van der Waals surface area contributed by atoms with Gasteiger partial charge in [0.1, 0.15) is 5.54 Å². The SMILES string of the molecule is Cc1cc2c(c(-c3ccc(NC4(C(=O)O)CCOCC4)cc3COC3CCCC3)c1)OCO2. The third-order valence-corrected chi connectivity index (χ3v) is 6.93. The van der Waals surface area contributed by atoms with Gasteiger partial charge in [-0.25, -0.2) is 4.79 Å². The molecule has 7 heteroatoms. The molecule has 5 rings (SSSR count). The molecular weight excluding hydrogens is 422 g/mol. The maximum absolute atomic E-state index is 12.1. The summed E-state index contributed by atoms with van der Waals surface area (Å²) in [7, 11) is 0. The maximum atomic E-state index is 12.1. The molecule has 176 valence electrons. The van der Waals surface area contributed by atoms with Crippen molar-refractivity contribution in [2.45, 2.75) is 63.7 Å². The average Bonchev–Trinajstić information content (AvgIpc) is 3.50. The summed E-state index contributed by atoms with van der Waals surface area (Å²) >= 11 is 0. The second-order valence-corrected chi connectivity index (χ2v) is 9.26. The van der Waals surface area contributed by atoms with Crippen molar-refractivity contribution >= 4 is 11.7 Å². The van der Waals surface area contributed by atoms with E-state index in [4.69, 9.17) is 18.9 Å². The van der Waals surface area contributed by atoms with Crippen LogP contribution in [0.5, 0.6) is 11.5 Å². The summed E-state index contributed by atoms with van der Waals surface area (Å²) in [6.07, 6.45) is 5.72. The molecule has 2 aromatic carbocycles. The molecule has 0 atom stereocenters. The highest BCUT2D eigenvalue weighted by atomic mass is 16.7. The number of fused-ring (bicyclic) bond motifs is 1. The van der Waals surface area contributed by atoms with Gasteiger partial charge in [-0.1, -0.05) is 18.9 Å². The van der Waals surface area contributed by atoms with Crippen molar-refractivity contribution in [3.63, 3.8) is 0 Å². The van der Waals surface area contributed by atoms with Gasteiger partial charge < -0.3 is 29.4 Å². The highest BCUT2D eigenvalue weighted by molar-refractivity contribution is 5.84. The standard InChI is InChI=1S/C26H31NO6/c1-17-12-22(24-23(13-17)32-16-33-24)21-7-6-19(14-18(21)15-31-20-4-2-3-5-20)27-26(25(28)29)8-10-30-11-9-26/h6-7,12-14,20,27H,2-5,8-11,15-16H2,1H3,(H,28,29). The molecule has 33 heavy (non-hydrogen) atoms. The Morgan fingerprint density at radius 3 is 2.67 bits per heavy atom. The van der Waals surface area contributed by atoms with Gasteiger partial charge in [0, 0.05) is 37.3 Å². The lowest BCUT2D eigenvalue weighted by Crippen LogP contribution is -2.50. The summed E-state index contributed by atoms with van der Waals surface area (Å²) in [6.45, 7) is 3.58. The highest BCUT2D eigenvalue weighted by Crippen LogP contribution is 2.44. The number of benzene rings is 2. The minimum Gasteiger partial charge on any atom is -0.480 e. The first kappa shape index (κ1) is 22.0. The maximum Gasteiger partial charge on any atom is 0.329 e. The molecular formula is C26H31NO6. The van der Waals surface area contributed by atoms with Gasteiger partial charge in [-0.2, -0.15) is 0 Å². The summed E-state index contributed by atoms with van der Waals surface area (Å²) in [5, 5.41) is 13.3. The van der Waals surface area contributed by atoms with E-state index in [1.54, 1.807) is 0 Å². The molecule has 7 nitrogen and oxygen atoms in total. The van der Waals surface area contributed by atoms with E-state index in [9.17, 15) is 9.90 Å². The number of carboxylic acids is 1. The Hall–Kier alpha value is -2.77. The van der Waals surface area contributed by atoms with Gasteiger partial charge in [0.05, 0.1) is 12.7 Å². The number of carbonyl (C=O) groups is 1. The Balaban J connectivity index is 1.50. The number of hydrogen-bond donors (Lipinski definition) is 2. The van der Waals surface area contributed by atoms with Crippen LogP contribution >= 0.6 is 0 Å². The lowest BCUT2D eigenvalue weighted by atomic mass is 9.89. The molecule has 1 saturated carbocycles. The first-order valence-electron chi connectivity index (χ1n) is 11.8. The third-order valence-electron chi connectivity index (χ3n) is 6.93. The van der Waals surface area contributed by atoms with Crippen molar-refractivity contribution in [3.05, 3.63) is 41.5 Å². The van der Waals surface area contributed by atoms with E-state index in [1.807, 2.05) is 31.2 Å². The summed E-state index contributed by atoms with van der Waals surface area (Å²) in [5.41, 5.74) is 3.83. The van der Waals surface area contributed by atoms with E-state index < -0.39 is 11.5 Å². The van der Waals surface area contributed by atoms with Crippen LogP contribution in [0.3, 0.4) is 0 Å². The predicted molar refractivity (Wildman–Crippen MR) is 124 cm³/mol.